The summed E-state index contributed by atoms with van der Waals surface area (Å²) >= 11 is 0. The van der Waals surface area contributed by atoms with Crippen LogP contribution in [0.3, 0.4) is 0 Å². The van der Waals surface area contributed by atoms with Gasteiger partial charge in [0.15, 0.2) is 5.65 Å². The standard InChI is InChI=1S/C31H29FN6O3/c1-4-22-15-28(30(39)36-13-12-20-8-6-7-9-24(20)19(36)3)34-29-16-27(35-38(22)29)25-11-10-23(14-26(25)32)37-18-21(17-33-37)31(40)41-5-2/h6-11,14-19H,4-5,12-13H2,1-3H3/t19-/m1/s1. The van der Waals surface area contributed by atoms with Gasteiger partial charge in [0.05, 0.1) is 35.8 Å². The molecule has 0 radical (unpaired) electrons. The number of benzene rings is 2. The quantitative estimate of drug-likeness (QED) is 0.268. The highest BCUT2D eigenvalue weighted by molar-refractivity contribution is 5.93. The summed E-state index contributed by atoms with van der Waals surface area (Å²) in [6.45, 7) is 6.61. The fourth-order valence-electron chi connectivity index (χ4n) is 5.36. The number of nitrogens with zero attached hydrogens (tertiary/aromatic N) is 6. The number of carbonyl (C=O) groups excluding carboxylic acids is 2. The van der Waals surface area contributed by atoms with Crippen molar-refractivity contribution in [2.75, 3.05) is 13.2 Å². The van der Waals surface area contributed by atoms with Gasteiger partial charge in [0.25, 0.3) is 5.91 Å². The maximum absolute atomic E-state index is 15.4. The van der Waals surface area contributed by atoms with Crippen molar-refractivity contribution in [1.82, 2.24) is 29.3 Å². The van der Waals surface area contributed by atoms with Crippen molar-refractivity contribution in [2.24, 2.45) is 0 Å². The second-order valence-electron chi connectivity index (χ2n) is 9.97. The van der Waals surface area contributed by atoms with Crippen molar-refractivity contribution in [2.45, 2.75) is 39.7 Å². The lowest BCUT2D eigenvalue weighted by atomic mass is 9.93. The van der Waals surface area contributed by atoms with Crippen molar-refractivity contribution in [3.63, 3.8) is 0 Å². The highest BCUT2D eigenvalue weighted by Crippen LogP contribution is 2.31. The van der Waals surface area contributed by atoms with Crippen molar-refractivity contribution in [1.29, 1.82) is 0 Å². The minimum atomic E-state index is -0.505. The van der Waals surface area contributed by atoms with E-state index in [9.17, 15) is 9.59 Å². The molecule has 3 aromatic heterocycles. The molecule has 0 saturated carbocycles. The van der Waals surface area contributed by atoms with E-state index in [0.29, 0.717) is 35.7 Å². The van der Waals surface area contributed by atoms with Crippen LogP contribution in [0.5, 0.6) is 0 Å². The summed E-state index contributed by atoms with van der Waals surface area (Å²) in [7, 11) is 0. The van der Waals surface area contributed by atoms with E-state index in [0.717, 1.165) is 17.7 Å². The molecule has 0 saturated heterocycles. The maximum Gasteiger partial charge on any atom is 0.341 e. The van der Waals surface area contributed by atoms with E-state index in [1.807, 2.05) is 30.9 Å². The number of ether oxygens (including phenoxy) is 1. The van der Waals surface area contributed by atoms with Gasteiger partial charge in [-0.15, -0.1) is 0 Å². The predicted molar refractivity (Wildman–Crippen MR) is 150 cm³/mol. The summed E-state index contributed by atoms with van der Waals surface area (Å²) < 4.78 is 23.4. The molecule has 0 fully saturated rings. The zero-order valence-corrected chi connectivity index (χ0v) is 23.0. The van der Waals surface area contributed by atoms with Crippen LogP contribution >= 0.6 is 0 Å². The molecule has 6 rings (SSSR count). The fraction of sp³-hybridized carbons (Fsp3) is 0.258. The van der Waals surface area contributed by atoms with E-state index >= 15 is 4.39 Å². The smallest absolute Gasteiger partial charge is 0.341 e. The summed E-state index contributed by atoms with van der Waals surface area (Å²) in [5, 5.41) is 8.78. The lowest BCUT2D eigenvalue weighted by Crippen LogP contribution is -2.39. The van der Waals surface area contributed by atoms with Gasteiger partial charge in [-0.3, -0.25) is 4.79 Å². The van der Waals surface area contributed by atoms with E-state index in [1.165, 1.54) is 28.7 Å². The number of aryl methyl sites for hydroxylation is 1. The molecule has 0 N–H and O–H groups in total. The number of carbonyl (C=O) groups is 2. The normalized spacial score (nSPS) is 14.7. The molecule has 1 atom stereocenters. The van der Waals surface area contributed by atoms with Crippen molar-refractivity contribution < 1.29 is 18.7 Å². The Morgan fingerprint density at radius 2 is 1.93 bits per heavy atom. The van der Waals surface area contributed by atoms with Gasteiger partial charge in [0.2, 0.25) is 0 Å². The largest absolute Gasteiger partial charge is 0.462 e. The second-order valence-corrected chi connectivity index (χ2v) is 9.97. The Labute approximate surface area is 236 Å². The predicted octanol–water partition coefficient (Wildman–Crippen LogP) is 5.22. The Balaban J connectivity index is 1.30. The molecule has 208 valence electrons. The number of halogens is 1. The third kappa shape index (κ3) is 4.75. The van der Waals surface area contributed by atoms with Crippen LogP contribution in [0.4, 0.5) is 4.39 Å². The van der Waals surface area contributed by atoms with Crippen LogP contribution in [0, 0.1) is 5.82 Å². The lowest BCUT2D eigenvalue weighted by molar-refractivity contribution is 0.0526. The SMILES string of the molecule is CCOC(=O)c1cnn(-c2ccc(-c3cc4nc(C(=O)N5CCc6ccccc6[C@H]5C)cc(CC)n4n3)c(F)c2)c1. The summed E-state index contributed by atoms with van der Waals surface area (Å²) in [5.41, 5.74) is 5.45. The Bertz CT molecular complexity index is 1790. The number of hydrogen-bond donors (Lipinski definition) is 0. The molecule has 1 aliphatic heterocycles. The number of rotatable bonds is 6. The van der Waals surface area contributed by atoms with Gasteiger partial charge >= 0.3 is 5.97 Å². The third-order valence-electron chi connectivity index (χ3n) is 7.52. The Kier molecular flexibility index (Phi) is 6.82. The summed E-state index contributed by atoms with van der Waals surface area (Å²) in [6, 6.07) is 16.3. The maximum atomic E-state index is 15.4. The molecule has 1 amide bonds. The number of hydrogen-bond acceptors (Lipinski definition) is 6. The molecule has 9 nitrogen and oxygen atoms in total. The third-order valence-corrected chi connectivity index (χ3v) is 7.52. The number of fused-ring (bicyclic) bond motifs is 2. The van der Waals surface area contributed by atoms with Crippen LogP contribution < -0.4 is 0 Å². The molecular weight excluding hydrogens is 523 g/mol. The molecule has 41 heavy (non-hydrogen) atoms. The molecule has 0 bridgehead atoms. The van der Waals surface area contributed by atoms with Crippen LogP contribution in [-0.4, -0.2) is 54.3 Å². The molecule has 1 aliphatic rings. The molecule has 2 aromatic carbocycles. The van der Waals surface area contributed by atoms with Gasteiger partial charge in [-0.25, -0.2) is 23.4 Å². The molecular formula is C31H29FN6O3. The van der Waals surface area contributed by atoms with Crippen LogP contribution in [0.15, 0.2) is 67.0 Å². The van der Waals surface area contributed by atoms with E-state index in [4.69, 9.17) is 4.74 Å². The van der Waals surface area contributed by atoms with Crippen LogP contribution in [0.25, 0.3) is 22.6 Å². The Hall–Kier alpha value is -4.86. The minimum absolute atomic E-state index is 0.0632. The monoisotopic (exact) mass is 552 g/mol. The first-order chi connectivity index (χ1) is 19.9. The molecule has 0 unspecified atom stereocenters. The average molecular weight is 553 g/mol. The summed E-state index contributed by atoms with van der Waals surface area (Å²) in [5.74, 6) is -1.13. The van der Waals surface area contributed by atoms with Crippen LogP contribution in [0.1, 0.15) is 64.5 Å². The topological polar surface area (TPSA) is 94.6 Å². The molecule has 5 aromatic rings. The molecule has 10 heteroatoms. The minimum Gasteiger partial charge on any atom is -0.462 e. The number of amides is 1. The van der Waals surface area contributed by atoms with Gasteiger partial charge in [0.1, 0.15) is 11.5 Å². The number of esters is 1. The molecule has 0 spiro atoms. The zero-order chi connectivity index (χ0) is 28.7. The Morgan fingerprint density at radius 3 is 2.71 bits per heavy atom. The van der Waals surface area contributed by atoms with Crippen LogP contribution in [-0.2, 0) is 17.6 Å². The highest BCUT2D eigenvalue weighted by Gasteiger charge is 2.29. The first-order valence-electron chi connectivity index (χ1n) is 13.7. The van der Waals surface area contributed by atoms with Gasteiger partial charge in [-0.2, -0.15) is 10.2 Å². The second kappa shape index (κ2) is 10.6. The van der Waals surface area contributed by atoms with Crippen LogP contribution in [0.2, 0.25) is 0 Å². The van der Waals surface area contributed by atoms with E-state index in [1.54, 1.807) is 35.7 Å². The first kappa shape index (κ1) is 26.4. The van der Waals surface area contributed by atoms with Gasteiger partial charge in [-0.1, -0.05) is 31.2 Å². The van der Waals surface area contributed by atoms with Crippen molar-refractivity contribution in [3.05, 3.63) is 101 Å². The van der Waals surface area contributed by atoms with E-state index < -0.39 is 11.8 Å². The van der Waals surface area contributed by atoms with Gasteiger partial charge in [0, 0.05) is 36.1 Å². The van der Waals surface area contributed by atoms with E-state index in [-0.39, 0.29) is 29.7 Å². The zero-order valence-electron chi connectivity index (χ0n) is 23.0. The first-order valence-corrected chi connectivity index (χ1v) is 13.7. The fourth-order valence-corrected chi connectivity index (χ4v) is 5.36. The van der Waals surface area contributed by atoms with Gasteiger partial charge in [-0.05, 0) is 56.0 Å². The average Bonchev–Trinajstić information content (AvgIpc) is 3.65. The Morgan fingerprint density at radius 1 is 1.10 bits per heavy atom. The lowest BCUT2D eigenvalue weighted by Gasteiger charge is -2.35. The number of aromatic nitrogens is 5. The highest BCUT2D eigenvalue weighted by atomic mass is 19.1. The molecule has 4 heterocycles. The van der Waals surface area contributed by atoms with E-state index in [2.05, 4.69) is 27.3 Å². The summed E-state index contributed by atoms with van der Waals surface area (Å²) in [6.07, 6.45) is 4.29. The summed E-state index contributed by atoms with van der Waals surface area (Å²) in [4.78, 5) is 32.1. The van der Waals surface area contributed by atoms with Crippen molar-refractivity contribution in [3.8, 4) is 16.9 Å². The van der Waals surface area contributed by atoms with Gasteiger partial charge < -0.3 is 9.64 Å². The van der Waals surface area contributed by atoms with Crippen molar-refractivity contribution >= 4 is 17.5 Å². The molecule has 0 aliphatic carbocycles.